The maximum absolute atomic E-state index is 14.3. The van der Waals surface area contributed by atoms with Crippen LogP contribution < -0.4 is 5.32 Å². The van der Waals surface area contributed by atoms with E-state index in [9.17, 15) is 12.8 Å². The second-order valence-electron chi connectivity index (χ2n) is 8.07. The number of oxazole rings is 1. The van der Waals surface area contributed by atoms with Gasteiger partial charge in [-0.05, 0) is 62.8 Å². The molecule has 8 heteroatoms. The summed E-state index contributed by atoms with van der Waals surface area (Å²) in [4.78, 5) is 4.32. The molecule has 1 fully saturated rings. The molecular formula is C24H27FN2O4S. The smallest absolute Gasteiger partial charge is 0.233 e. The molecule has 0 amide bonds. The van der Waals surface area contributed by atoms with Crippen molar-refractivity contribution in [3.05, 3.63) is 59.9 Å². The van der Waals surface area contributed by atoms with E-state index < -0.39 is 15.7 Å². The summed E-state index contributed by atoms with van der Waals surface area (Å²) in [6, 6.07) is 12.5. The molecule has 0 bridgehead atoms. The number of aromatic nitrogens is 1. The van der Waals surface area contributed by atoms with Crippen molar-refractivity contribution in [1.29, 1.82) is 0 Å². The first kappa shape index (κ1) is 22.5. The van der Waals surface area contributed by atoms with Crippen LogP contribution in [0.2, 0.25) is 0 Å². The van der Waals surface area contributed by atoms with E-state index >= 15 is 0 Å². The zero-order chi connectivity index (χ0) is 22.6. The molecule has 1 aliphatic heterocycles. The summed E-state index contributed by atoms with van der Waals surface area (Å²) in [7, 11) is -3.95. The number of benzene rings is 2. The van der Waals surface area contributed by atoms with Gasteiger partial charge in [0.05, 0.1) is 10.5 Å². The third-order valence-corrected chi connectivity index (χ3v) is 7.38. The molecule has 0 spiro atoms. The van der Waals surface area contributed by atoms with E-state index in [4.69, 9.17) is 9.15 Å². The first-order chi connectivity index (χ1) is 15.4. The van der Waals surface area contributed by atoms with Gasteiger partial charge in [-0.25, -0.2) is 12.8 Å². The number of ether oxygens (including phenoxy) is 1. The van der Waals surface area contributed by atoms with Gasteiger partial charge >= 0.3 is 0 Å². The predicted molar refractivity (Wildman–Crippen MR) is 120 cm³/mol. The van der Waals surface area contributed by atoms with Gasteiger partial charge in [0.2, 0.25) is 26.6 Å². The lowest BCUT2D eigenvalue weighted by Crippen LogP contribution is -2.16. The quantitative estimate of drug-likeness (QED) is 0.465. The Morgan fingerprint density at radius 3 is 2.53 bits per heavy atom. The second kappa shape index (κ2) is 9.83. The Morgan fingerprint density at radius 2 is 1.81 bits per heavy atom. The molecular weight excluding hydrogens is 431 g/mol. The molecule has 0 aliphatic carbocycles. The van der Waals surface area contributed by atoms with Crippen LogP contribution in [0.1, 0.15) is 31.2 Å². The average molecular weight is 459 g/mol. The summed E-state index contributed by atoms with van der Waals surface area (Å²) in [5, 5.41) is 2.86. The number of nitrogens with zero attached hydrogens (tertiary/aromatic N) is 1. The zero-order valence-corrected chi connectivity index (χ0v) is 18.8. The van der Waals surface area contributed by atoms with Crippen molar-refractivity contribution in [2.75, 3.05) is 25.1 Å². The van der Waals surface area contributed by atoms with Crippen LogP contribution in [0.5, 0.6) is 0 Å². The van der Waals surface area contributed by atoms with Gasteiger partial charge in [0.25, 0.3) is 0 Å². The predicted octanol–water partition coefficient (Wildman–Crippen LogP) is 5.24. The largest absolute Gasteiger partial charge is 0.419 e. The number of hydrogen-bond donors (Lipinski definition) is 1. The number of aryl methyl sites for hydroxylation is 1. The maximum Gasteiger partial charge on any atom is 0.233 e. The molecule has 2 aromatic carbocycles. The van der Waals surface area contributed by atoms with Crippen LogP contribution in [0, 0.1) is 18.7 Å². The number of halogens is 1. The first-order valence-corrected chi connectivity index (χ1v) is 12.3. The van der Waals surface area contributed by atoms with Crippen molar-refractivity contribution >= 4 is 15.7 Å². The highest BCUT2D eigenvalue weighted by Gasteiger charge is 2.29. The third-order valence-electron chi connectivity index (χ3n) is 5.70. The molecule has 2 heterocycles. The lowest BCUT2D eigenvalue weighted by Gasteiger charge is -2.21. The van der Waals surface area contributed by atoms with Crippen molar-refractivity contribution in [1.82, 2.24) is 4.98 Å². The Balaban J connectivity index is 1.60. The van der Waals surface area contributed by atoms with Gasteiger partial charge in [-0.15, -0.1) is 0 Å². The van der Waals surface area contributed by atoms with Crippen LogP contribution >= 0.6 is 0 Å². The van der Waals surface area contributed by atoms with Gasteiger partial charge in [-0.1, -0.05) is 29.8 Å². The van der Waals surface area contributed by atoms with Crippen LogP contribution in [0.4, 0.5) is 10.3 Å². The van der Waals surface area contributed by atoms with Gasteiger partial charge in [-0.3, -0.25) is 0 Å². The molecule has 1 N–H and O–H groups in total. The fourth-order valence-electron chi connectivity index (χ4n) is 3.81. The molecule has 0 radical (unpaired) electrons. The Morgan fingerprint density at radius 1 is 1.09 bits per heavy atom. The fourth-order valence-corrected chi connectivity index (χ4v) is 5.09. The SMILES string of the molecule is Cc1ccc(S(=O)(=O)c2nc(-c3ccccc3F)oc2NCCCC2CCOCC2)cc1. The van der Waals surface area contributed by atoms with Crippen LogP contribution in [0.3, 0.4) is 0 Å². The van der Waals surface area contributed by atoms with Crippen molar-refractivity contribution < 1.29 is 22.0 Å². The van der Waals surface area contributed by atoms with Gasteiger partial charge in [0, 0.05) is 19.8 Å². The van der Waals surface area contributed by atoms with E-state index in [-0.39, 0.29) is 27.3 Å². The minimum absolute atomic E-state index is 0.0378. The minimum Gasteiger partial charge on any atom is -0.419 e. The van der Waals surface area contributed by atoms with Crippen molar-refractivity contribution in [2.24, 2.45) is 5.92 Å². The summed E-state index contributed by atoms with van der Waals surface area (Å²) >= 11 is 0. The highest BCUT2D eigenvalue weighted by atomic mass is 32.2. The lowest BCUT2D eigenvalue weighted by atomic mass is 9.95. The maximum atomic E-state index is 14.3. The molecule has 170 valence electrons. The Bertz CT molecular complexity index is 1150. The molecule has 3 aromatic rings. The fraction of sp³-hybridized carbons (Fsp3) is 0.375. The molecule has 0 saturated carbocycles. The molecule has 4 rings (SSSR count). The Hall–Kier alpha value is -2.71. The molecule has 0 atom stereocenters. The van der Waals surface area contributed by atoms with Crippen molar-refractivity contribution in [3.63, 3.8) is 0 Å². The number of hydrogen-bond acceptors (Lipinski definition) is 6. The Labute approximate surface area is 187 Å². The molecule has 1 saturated heterocycles. The summed E-state index contributed by atoms with van der Waals surface area (Å²) in [6.07, 6.45) is 3.97. The number of rotatable bonds is 8. The molecule has 6 nitrogen and oxygen atoms in total. The van der Waals surface area contributed by atoms with Crippen LogP contribution in [0.25, 0.3) is 11.5 Å². The molecule has 1 aliphatic rings. The zero-order valence-electron chi connectivity index (χ0n) is 18.0. The lowest BCUT2D eigenvalue weighted by molar-refractivity contribution is 0.0636. The van der Waals surface area contributed by atoms with Gasteiger partial charge in [0.1, 0.15) is 5.82 Å². The topological polar surface area (TPSA) is 81.4 Å². The monoisotopic (exact) mass is 458 g/mol. The number of nitrogens with one attached hydrogen (secondary N) is 1. The van der Waals surface area contributed by atoms with E-state index in [1.54, 1.807) is 24.3 Å². The highest BCUT2D eigenvalue weighted by molar-refractivity contribution is 7.91. The molecule has 0 unspecified atom stereocenters. The van der Waals surface area contributed by atoms with E-state index in [1.165, 1.54) is 24.3 Å². The van der Waals surface area contributed by atoms with E-state index in [1.807, 2.05) is 6.92 Å². The normalized spacial score (nSPS) is 15.1. The molecule has 32 heavy (non-hydrogen) atoms. The van der Waals surface area contributed by atoms with Crippen LogP contribution in [-0.2, 0) is 14.6 Å². The van der Waals surface area contributed by atoms with E-state index in [0.29, 0.717) is 12.5 Å². The van der Waals surface area contributed by atoms with E-state index in [0.717, 1.165) is 44.5 Å². The van der Waals surface area contributed by atoms with Crippen LogP contribution in [-0.4, -0.2) is 33.2 Å². The first-order valence-electron chi connectivity index (χ1n) is 10.8. The third kappa shape index (κ3) is 5.02. The minimum atomic E-state index is -3.95. The molecule has 1 aromatic heterocycles. The summed E-state index contributed by atoms with van der Waals surface area (Å²) in [6.45, 7) is 4.00. The van der Waals surface area contributed by atoms with Gasteiger partial charge < -0.3 is 14.5 Å². The second-order valence-corrected chi connectivity index (χ2v) is 9.94. The average Bonchev–Trinajstić information content (AvgIpc) is 3.23. The standard InChI is InChI=1S/C24H27FN2O4S/c1-17-8-10-19(11-9-17)32(28,29)24-23(26-14-4-5-18-12-15-30-16-13-18)31-22(27-24)20-6-2-3-7-21(20)25/h2-3,6-11,18,26H,4-5,12-16H2,1H3. The summed E-state index contributed by atoms with van der Waals surface area (Å²) < 4.78 is 52.1. The summed E-state index contributed by atoms with van der Waals surface area (Å²) in [5.41, 5.74) is 1.06. The van der Waals surface area contributed by atoms with E-state index in [2.05, 4.69) is 10.3 Å². The van der Waals surface area contributed by atoms with Crippen molar-refractivity contribution in [2.45, 2.75) is 42.5 Å². The van der Waals surface area contributed by atoms with Crippen LogP contribution in [0.15, 0.2) is 62.9 Å². The van der Waals surface area contributed by atoms with Gasteiger partial charge in [0.15, 0.2) is 0 Å². The highest BCUT2D eigenvalue weighted by Crippen LogP contribution is 2.33. The summed E-state index contributed by atoms with van der Waals surface area (Å²) in [5.74, 6) is 0.0561. The number of sulfone groups is 1. The Kier molecular flexibility index (Phi) is 6.91. The van der Waals surface area contributed by atoms with Gasteiger partial charge in [-0.2, -0.15) is 4.98 Å². The van der Waals surface area contributed by atoms with Crippen molar-refractivity contribution in [3.8, 4) is 11.5 Å². The number of anilines is 1.